The van der Waals surface area contributed by atoms with E-state index in [9.17, 15) is 9.59 Å². The van der Waals surface area contributed by atoms with Gasteiger partial charge in [0.05, 0.1) is 12.7 Å². The summed E-state index contributed by atoms with van der Waals surface area (Å²) in [6, 6.07) is 0. The molecule has 0 bridgehead atoms. The molecule has 0 aromatic rings. The zero-order valence-electron chi connectivity index (χ0n) is 10.3. The number of methoxy groups -OCH3 is 1. The molecular formula is C11H20O5. The van der Waals surface area contributed by atoms with E-state index in [1.54, 1.807) is 7.11 Å². The first-order valence-corrected chi connectivity index (χ1v) is 5.30. The fraction of sp³-hybridized carbons (Fsp3) is 0.818. The Hall–Kier alpha value is -1.10. The number of hydrogen-bond donors (Lipinski definition) is 0. The van der Waals surface area contributed by atoms with Crippen LogP contribution < -0.4 is 0 Å². The lowest BCUT2D eigenvalue weighted by atomic mass is 10.1. The molecule has 0 fully saturated rings. The van der Waals surface area contributed by atoms with Crippen LogP contribution in [0.3, 0.4) is 0 Å². The second-order valence-corrected chi connectivity index (χ2v) is 3.57. The van der Waals surface area contributed by atoms with Crippen molar-refractivity contribution in [3.05, 3.63) is 0 Å². The second kappa shape index (κ2) is 8.10. The molecule has 16 heavy (non-hydrogen) atoms. The first-order valence-electron chi connectivity index (χ1n) is 5.30. The third-order valence-corrected chi connectivity index (χ3v) is 2.15. The minimum atomic E-state index is -0.332. The van der Waals surface area contributed by atoms with Crippen LogP contribution in [0, 0.1) is 0 Å². The van der Waals surface area contributed by atoms with Gasteiger partial charge in [0.25, 0.3) is 0 Å². The van der Waals surface area contributed by atoms with Gasteiger partial charge in [-0.15, -0.1) is 0 Å². The summed E-state index contributed by atoms with van der Waals surface area (Å²) in [5, 5.41) is 0. The van der Waals surface area contributed by atoms with Crippen LogP contribution >= 0.6 is 0 Å². The summed E-state index contributed by atoms with van der Waals surface area (Å²) in [6.07, 6.45) is 0.798. The van der Waals surface area contributed by atoms with Crippen LogP contribution in [0.5, 0.6) is 0 Å². The summed E-state index contributed by atoms with van der Waals surface area (Å²) in [4.78, 5) is 21.4. The predicted molar refractivity (Wildman–Crippen MR) is 57.9 cm³/mol. The van der Waals surface area contributed by atoms with E-state index in [2.05, 4.69) is 0 Å². The molecule has 0 radical (unpaired) electrons. The van der Waals surface area contributed by atoms with E-state index in [0.29, 0.717) is 19.4 Å². The topological polar surface area (TPSA) is 61.8 Å². The Morgan fingerprint density at radius 3 is 2.25 bits per heavy atom. The van der Waals surface area contributed by atoms with Crippen molar-refractivity contribution in [3.8, 4) is 0 Å². The molecule has 0 rings (SSSR count). The number of hydrogen-bond acceptors (Lipinski definition) is 5. The molecule has 0 saturated heterocycles. The highest BCUT2D eigenvalue weighted by Crippen LogP contribution is 2.10. The maximum atomic E-state index is 10.9. The molecule has 0 aliphatic rings. The van der Waals surface area contributed by atoms with Gasteiger partial charge in [-0.3, -0.25) is 9.59 Å². The maximum Gasteiger partial charge on any atom is 0.302 e. The van der Waals surface area contributed by atoms with Crippen LogP contribution in [-0.4, -0.2) is 37.9 Å². The highest BCUT2D eigenvalue weighted by atomic mass is 16.6. The van der Waals surface area contributed by atoms with Gasteiger partial charge in [0.1, 0.15) is 6.10 Å². The van der Waals surface area contributed by atoms with Crippen LogP contribution in [0.15, 0.2) is 0 Å². The number of carbonyl (C=O) groups is 2. The third-order valence-electron chi connectivity index (χ3n) is 2.15. The van der Waals surface area contributed by atoms with Gasteiger partial charge in [0, 0.05) is 21.0 Å². The van der Waals surface area contributed by atoms with E-state index in [1.165, 1.54) is 13.8 Å². The Morgan fingerprint density at radius 1 is 1.19 bits per heavy atom. The molecule has 0 spiro atoms. The number of carbonyl (C=O) groups excluding carboxylic acids is 2. The van der Waals surface area contributed by atoms with Crippen LogP contribution in [0.2, 0.25) is 0 Å². The van der Waals surface area contributed by atoms with E-state index in [0.717, 1.165) is 0 Å². The van der Waals surface area contributed by atoms with Crippen molar-refractivity contribution in [1.82, 2.24) is 0 Å². The molecule has 0 amide bonds. The Bertz CT molecular complexity index is 226. The van der Waals surface area contributed by atoms with Crippen molar-refractivity contribution in [2.75, 3.05) is 13.7 Å². The standard InChI is InChI=1S/C11H20O5/c1-8(14-4)11(16-10(3)13)6-5-7-15-9(2)12/h8,11H,5-7H2,1-4H3. The Labute approximate surface area is 96.1 Å². The summed E-state index contributed by atoms with van der Waals surface area (Å²) in [5.41, 5.74) is 0. The molecule has 0 N–H and O–H groups in total. The van der Waals surface area contributed by atoms with Crippen LogP contribution in [-0.2, 0) is 23.8 Å². The van der Waals surface area contributed by atoms with E-state index < -0.39 is 0 Å². The summed E-state index contributed by atoms with van der Waals surface area (Å²) >= 11 is 0. The molecule has 2 atom stereocenters. The smallest absolute Gasteiger partial charge is 0.302 e. The molecule has 5 heteroatoms. The largest absolute Gasteiger partial charge is 0.466 e. The zero-order valence-corrected chi connectivity index (χ0v) is 10.3. The van der Waals surface area contributed by atoms with Gasteiger partial charge in [-0.05, 0) is 19.8 Å². The van der Waals surface area contributed by atoms with Gasteiger partial charge in [-0.25, -0.2) is 0 Å². The average molecular weight is 232 g/mol. The number of ether oxygens (including phenoxy) is 3. The Morgan fingerprint density at radius 2 is 1.81 bits per heavy atom. The molecule has 0 aliphatic heterocycles. The molecule has 0 heterocycles. The monoisotopic (exact) mass is 232 g/mol. The molecule has 0 aliphatic carbocycles. The Kier molecular flexibility index (Phi) is 7.54. The van der Waals surface area contributed by atoms with Gasteiger partial charge in [-0.2, -0.15) is 0 Å². The predicted octanol–water partition coefficient (Wildman–Crippen LogP) is 1.30. The van der Waals surface area contributed by atoms with Crippen LogP contribution in [0.1, 0.15) is 33.6 Å². The minimum absolute atomic E-state index is 0.166. The lowest BCUT2D eigenvalue weighted by molar-refractivity contribution is -0.154. The molecule has 0 aromatic carbocycles. The summed E-state index contributed by atoms with van der Waals surface area (Å²) < 4.78 is 15.0. The summed E-state index contributed by atoms with van der Waals surface area (Å²) in [5.74, 6) is -0.634. The maximum absolute atomic E-state index is 10.9. The molecular weight excluding hydrogens is 212 g/mol. The fourth-order valence-electron chi connectivity index (χ4n) is 1.25. The van der Waals surface area contributed by atoms with Gasteiger partial charge >= 0.3 is 11.9 Å². The lowest BCUT2D eigenvalue weighted by Gasteiger charge is -2.22. The first kappa shape index (κ1) is 14.9. The minimum Gasteiger partial charge on any atom is -0.466 e. The molecule has 0 saturated carbocycles. The number of rotatable bonds is 7. The second-order valence-electron chi connectivity index (χ2n) is 3.57. The molecule has 0 aromatic heterocycles. The van der Waals surface area contributed by atoms with Crippen LogP contribution in [0.25, 0.3) is 0 Å². The van der Waals surface area contributed by atoms with E-state index >= 15 is 0 Å². The van der Waals surface area contributed by atoms with Crippen molar-refractivity contribution in [2.24, 2.45) is 0 Å². The van der Waals surface area contributed by atoms with Crippen molar-refractivity contribution in [1.29, 1.82) is 0 Å². The molecule has 5 nitrogen and oxygen atoms in total. The molecule has 2 unspecified atom stereocenters. The van der Waals surface area contributed by atoms with Gasteiger partial charge in [0.2, 0.25) is 0 Å². The average Bonchev–Trinajstić information content (AvgIpc) is 2.20. The van der Waals surface area contributed by atoms with Gasteiger partial charge < -0.3 is 14.2 Å². The highest BCUT2D eigenvalue weighted by molar-refractivity contribution is 5.66. The molecule has 94 valence electrons. The van der Waals surface area contributed by atoms with E-state index in [-0.39, 0.29) is 24.1 Å². The van der Waals surface area contributed by atoms with E-state index in [1.807, 2.05) is 6.92 Å². The van der Waals surface area contributed by atoms with Gasteiger partial charge in [-0.1, -0.05) is 0 Å². The summed E-state index contributed by atoms with van der Waals surface area (Å²) in [6.45, 7) is 4.89. The van der Waals surface area contributed by atoms with Gasteiger partial charge in [0.15, 0.2) is 0 Å². The summed E-state index contributed by atoms with van der Waals surface area (Å²) in [7, 11) is 1.56. The zero-order chi connectivity index (χ0) is 12.6. The third kappa shape index (κ3) is 7.23. The van der Waals surface area contributed by atoms with Crippen LogP contribution in [0.4, 0.5) is 0 Å². The van der Waals surface area contributed by atoms with Crippen molar-refractivity contribution in [3.63, 3.8) is 0 Å². The quantitative estimate of drug-likeness (QED) is 0.489. The van der Waals surface area contributed by atoms with Crippen molar-refractivity contribution < 1.29 is 23.8 Å². The highest BCUT2D eigenvalue weighted by Gasteiger charge is 2.19. The Balaban J connectivity index is 3.91. The van der Waals surface area contributed by atoms with E-state index in [4.69, 9.17) is 14.2 Å². The number of esters is 2. The van der Waals surface area contributed by atoms with Crippen molar-refractivity contribution >= 4 is 11.9 Å². The fourth-order valence-corrected chi connectivity index (χ4v) is 1.25. The lowest BCUT2D eigenvalue weighted by Crippen LogP contribution is -2.30. The SMILES string of the molecule is COC(C)C(CCCOC(C)=O)OC(C)=O. The normalized spacial score (nSPS) is 14.0. The first-order chi connectivity index (χ1) is 7.47. The van der Waals surface area contributed by atoms with Crippen molar-refractivity contribution in [2.45, 2.75) is 45.8 Å².